The molecule has 1 amide bonds. The van der Waals surface area contributed by atoms with Crippen LogP contribution in [0, 0.1) is 0 Å². The molecule has 0 fully saturated rings. The Morgan fingerprint density at radius 3 is 1.78 bits per heavy atom. The average Bonchev–Trinajstić information content (AvgIpc) is 2.80. The zero-order valence-electron chi connectivity index (χ0n) is 20.9. The summed E-state index contributed by atoms with van der Waals surface area (Å²) in [5.41, 5.74) is 0. The molecule has 3 N–H and O–H groups in total. The van der Waals surface area contributed by atoms with Gasteiger partial charge < -0.3 is 15.5 Å². The number of carbonyl (C=O) groups is 1. The minimum atomic E-state index is -0.860. The number of aliphatic hydroxyl groups excluding tert-OH is 2. The lowest BCUT2D eigenvalue weighted by molar-refractivity contribution is -0.122. The lowest BCUT2D eigenvalue weighted by Gasteiger charge is -2.19. The summed E-state index contributed by atoms with van der Waals surface area (Å²) in [4.78, 5) is 11.7. The fourth-order valence-corrected chi connectivity index (χ4v) is 3.48. The van der Waals surface area contributed by atoms with Gasteiger partial charge >= 0.3 is 0 Å². The van der Waals surface area contributed by atoms with Crippen LogP contribution in [-0.2, 0) is 4.79 Å². The molecule has 4 heteroatoms. The van der Waals surface area contributed by atoms with E-state index in [-0.39, 0.29) is 12.5 Å². The Hall–Kier alpha value is -1.39. The van der Waals surface area contributed by atoms with Crippen LogP contribution in [0.4, 0.5) is 0 Å². The number of hydrogen-bond donors (Lipinski definition) is 3. The molecule has 2 atom stereocenters. The predicted octanol–water partition coefficient (Wildman–Crippen LogP) is 6.77. The van der Waals surface area contributed by atoms with E-state index in [1.54, 1.807) is 6.08 Å². The van der Waals surface area contributed by atoms with Gasteiger partial charge in [-0.05, 0) is 44.9 Å². The van der Waals surface area contributed by atoms with Crippen molar-refractivity contribution in [3.8, 4) is 0 Å². The van der Waals surface area contributed by atoms with E-state index in [2.05, 4.69) is 36.5 Å². The van der Waals surface area contributed by atoms with Crippen molar-refractivity contribution in [2.75, 3.05) is 6.61 Å². The van der Waals surface area contributed by atoms with E-state index in [0.29, 0.717) is 6.42 Å². The van der Waals surface area contributed by atoms with Crippen molar-refractivity contribution in [1.82, 2.24) is 5.32 Å². The minimum absolute atomic E-state index is 0.117. The quantitative estimate of drug-likeness (QED) is 0.126. The molecule has 0 aliphatic carbocycles. The highest BCUT2D eigenvalue weighted by atomic mass is 16.3. The molecule has 0 saturated carbocycles. The maximum atomic E-state index is 11.7. The Balaban J connectivity index is 3.68. The van der Waals surface area contributed by atoms with Crippen LogP contribution in [0.5, 0.6) is 0 Å². The first-order valence-electron chi connectivity index (χ1n) is 13.2. The second-order valence-corrected chi connectivity index (χ2v) is 8.74. The lowest BCUT2D eigenvalue weighted by Crippen LogP contribution is -2.45. The first-order valence-corrected chi connectivity index (χ1v) is 13.2. The average molecular weight is 450 g/mol. The van der Waals surface area contributed by atoms with Crippen molar-refractivity contribution in [2.45, 2.75) is 129 Å². The number of aliphatic hydroxyl groups is 2. The van der Waals surface area contributed by atoms with E-state index in [1.165, 1.54) is 57.8 Å². The molecular formula is C28H51NO3. The molecule has 0 aromatic heterocycles. The van der Waals surface area contributed by atoms with Crippen molar-refractivity contribution in [3.05, 3.63) is 36.5 Å². The summed E-state index contributed by atoms with van der Waals surface area (Å²) in [7, 11) is 0. The van der Waals surface area contributed by atoms with E-state index in [0.717, 1.165) is 38.5 Å². The molecule has 0 aliphatic heterocycles. The third kappa shape index (κ3) is 20.5. The highest BCUT2D eigenvalue weighted by Gasteiger charge is 2.17. The van der Waals surface area contributed by atoms with E-state index in [4.69, 9.17) is 0 Å². The number of allylic oxidation sites excluding steroid dienone is 5. The van der Waals surface area contributed by atoms with Gasteiger partial charge in [-0.15, -0.1) is 0 Å². The van der Waals surface area contributed by atoms with Gasteiger partial charge in [-0.3, -0.25) is 4.79 Å². The van der Waals surface area contributed by atoms with Gasteiger partial charge in [0.25, 0.3) is 0 Å². The molecular weight excluding hydrogens is 398 g/mol. The molecule has 4 nitrogen and oxygen atoms in total. The minimum Gasteiger partial charge on any atom is -0.394 e. The smallest absolute Gasteiger partial charge is 0.220 e. The molecule has 0 aliphatic rings. The molecule has 0 spiro atoms. The van der Waals surface area contributed by atoms with Crippen molar-refractivity contribution >= 4 is 5.91 Å². The Bertz CT molecular complexity index is 499. The van der Waals surface area contributed by atoms with Crippen LogP contribution in [0.25, 0.3) is 0 Å². The summed E-state index contributed by atoms with van der Waals surface area (Å²) in [6.45, 7) is 4.02. The van der Waals surface area contributed by atoms with Gasteiger partial charge in [0.2, 0.25) is 5.91 Å². The number of nitrogens with one attached hydrogen (secondary N) is 1. The van der Waals surface area contributed by atoms with Gasteiger partial charge in [0, 0.05) is 6.42 Å². The van der Waals surface area contributed by atoms with Crippen LogP contribution in [0.3, 0.4) is 0 Å². The number of rotatable bonds is 22. The van der Waals surface area contributed by atoms with Crippen LogP contribution in [0.1, 0.15) is 117 Å². The maximum Gasteiger partial charge on any atom is 0.220 e. The molecule has 186 valence electrons. The molecule has 0 rings (SSSR count). The summed E-state index contributed by atoms with van der Waals surface area (Å²) in [6, 6.07) is -0.635. The molecule has 0 heterocycles. The maximum absolute atomic E-state index is 11.7. The van der Waals surface area contributed by atoms with E-state index < -0.39 is 12.1 Å². The summed E-state index contributed by atoms with van der Waals surface area (Å²) < 4.78 is 0. The molecule has 0 aromatic carbocycles. The zero-order valence-corrected chi connectivity index (χ0v) is 20.9. The summed E-state index contributed by atoms with van der Waals surface area (Å²) >= 11 is 0. The molecule has 32 heavy (non-hydrogen) atoms. The van der Waals surface area contributed by atoms with E-state index in [9.17, 15) is 15.0 Å². The first kappa shape index (κ1) is 30.6. The van der Waals surface area contributed by atoms with Crippen molar-refractivity contribution in [1.29, 1.82) is 0 Å². The van der Waals surface area contributed by atoms with Gasteiger partial charge in [0.15, 0.2) is 0 Å². The van der Waals surface area contributed by atoms with Crippen molar-refractivity contribution in [2.24, 2.45) is 0 Å². The third-order valence-corrected chi connectivity index (χ3v) is 5.60. The van der Waals surface area contributed by atoms with Gasteiger partial charge in [-0.1, -0.05) is 102 Å². The largest absolute Gasteiger partial charge is 0.394 e. The Morgan fingerprint density at radius 2 is 1.22 bits per heavy atom. The van der Waals surface area contributed by atoms with Crippen LogP contribution >= 0.6 is 0 Å². The number of amides is 1. The Labute approximate surface area is 198 Å². The molecule has 0 bridgehead atoms. The standard InChI is InChI=1S/C28H51NO3/c1-3-5-7-8-9-10-11-12-13-14-15-16-17-18-19-20-21-22-23-27(31)26(25-30)29-28(32)24-6-4-2/h14-15,18-19,22-23,26-27,30-31H,3-13,16-17,20-21,24-25H2,1-2H3,(H,29,32)/b15-14+,19-18+,23-22+. The van der Waals surface area contributed by atoms with Crippen LogP contribution < -0.4 is 5.32 Å². The Morgan fingerprint density at radius 1 is 0.719 bits per heavy atom. The molecule has 0 saturated heterocycles. The topological polar surface area (TPSA) is 69.6 Å². The van der Waals surface area contributed by atoms with Gasteiger partial charge in [0.1, 0.15) is 0 Å². The second kappa shape index (κ2) is 24.3. The number of carbonyl (C=O) groups excluding carboxylic acids is 1. The van der Waals surface area contributed by atoms with Crippen molar-refractivity contribution < 1.29 is 15.0 Å². The summed E-state index contributed by atoms with van der Waals surface area (Å²) in [5, 5.41) is 22.2. The Kier molecular flexibility index (Phi) is 23.2. The number of unbranched alkanes of at least 4 members (excludes halogenated alkanes) is 11. The highest BCUT2D eigenvalue weighted by Crippen LogP contribution is 2.10. The third-order valence-electron chi connectivity index (χ3n) is 5.60. The van der Waals surface area contributed by atoms with E-state index in [1.807, 2.05) is 13.0 Å². The van der Waals surface area contributed by atoms with E-state index >= 15 is 0 Å². The normalized spacial score (nSPS) is 14.0. The van der Waals surface area contributed by atoms with Gasteiger partial charge in [0.05, 0.1) is 18.8 Å². The van der Waals surface area contributed by atoms with Crippen molar-refractivity contribution in [3.63, 3.8) is 0 Å². The SMILES string of the molecule is CCCCCCCCCC/C=C/CC/C=C/CC/C=C/C(O)C(CO)NC(=O)CCCC. The molecule has 0 aromatic rings. The predicted molar refractivity (Wildman–Crippen MR) is 138 cm³/mol. The molecule has 0 radical (unpaired) electrons. The second-order valence-electron chi connectivity index (χ2n) is 8.74. The van der Waals surface area contributed by atoms with Gasteiger partial charge in [-0.25, -0.2) is 0 Å². The molecule has 2 unspecified atom stereocenters. The fourth-order valence-electron chi connectivity index (χ4n) is 3.48. The lowest BCUT2D eigenvalue weighted by atomic mass is 10.1. The fraction of sp³-hybridized carbons (Fsp3) is 0.750. The number of hydrogen-bond acceptors (Lipinski definition) is 3. The first-order chi connectivity index (χ1) is 15.7. The zero-order chi connectivity index (χ0) is 23.7. The van der Waals surface area contributed by atoms with Crippen LogP contribution in [0.2, 0.25) is 0 Å². The monoisotopic (exact) mass is 449 g/mol. The highest BCUT2D eigenvalue weighted by molar-refractivity contribution is 5.76. The van der Waals surface area contributed by atoms with Gasteiger partial charge in [-0.2, -0.15) is 0 Å². The summed E-state index contributed by atoms with van der Waals surface area (Å²) in [5.74, 6) is -0.117. The van der Waals surface area contributed by atoms with Crippen LogP contribution in [-0.4, -0.2) is 34.9 Å². The summed E-state index contributed by atoms with van der Waals surface area (Å²) in [6.07, 6.45) is 30.1. The van der Waals surface area contributed by atoms with Crippen LogP contribution in [0.15, 0.2) is 36.5 Å².